The molecule has 13 heavy (non-hydrogen) atoms. The van der Waals surface area contributed by atoms with E-state index in [1.54, 1.807) is 18.2 Å². The van der Waals surface area contributed by atoms with Gasteiger partial charge in [0.2, 0.25) is 0 Å². The van der Waals surface area contributed by atoms with Gasteiger partial charge in [-0.2, -0.15) is 0 Å². The minimum absolute atomic E-state index is 0. The monoisotopic (exact) mass is 204 g/mol. The van der Waals surface area contributed by atoms with Crippen molar-refractivity contribution in [2.24, 2.45) is 0 Å². The van der Waals surface area contributed by atoms with Gasteiger partial charge in [0.05, 0.1) is 6.61 Å². The maximum Gasteiger partial charge on any atom is 0.127 e. The second-order valence-electron chi connectivity index (χ2n) is 2.49. The Bertz CT molecular complexity index is 245. The van der Waals surface area contributed by atoms with Crippen LogP contribution in [0.2, 0.25) is 0 Å². The van der Waals surface area contributed by atoms with Gasteiger partial charge < -0.3 is 22.8 Å². The molecule has 0 aliphatic rings. The highest BCUT2D eigenvalue weighted by Gasteiger charge is 1.97. The van der Waals surface area contributed by atoms with Crippen molar-refractivity contribution >= 4 is 0 Å². The third-order valence-electron chi connectivity index (χ3n) is 1.56. The van der Waals surface area contributed by atoms with Gasteiger partial charge in [-0.25, -0.2) is 4.39 Å². The first-order valence-electron chi connectivity index (χ1n) is 3.89. The lowest BCUT2D eigenvalue weighted by molar-refractivity contribution is -0.00000413. The highest BCUT2D eigenvalue weighted by Crippen LogP contribution is 2.04. The van der Waals surface area contributed by atoms with Crippen molar-refractivity contribution in [1.29, 1.82) is 0 Å². The van der Waals surface area contributed by atoms with E-state index < -0.39 is 0 Å². The summed E-state index contributed by atoms with van der Waals surface area (Å²) >= 11 is 0. The zero-order valence-electron chi connectivity index (χ0n) is 7.13. The Kier molecular flexibility index (Phi) is 6.49. The average molecular weight is 205 g/mol. The van der Waals surface area contributed by atoms with Crippen LogP contribution in [0.5, 0.6) is 0 Å². The Hall–Kier alpha value is -0.640. The molecule has 0 saturated heterocycles. The van der Waals surface area contributed by atoms with Gasteiger partial charge >= 0.3 is 0 Å². The summed E-state index contributed by atoms with van der Waals surface area (Å²) in [6.45, 7) is 1.04. The van der Waals surface area contributed by atoms with E-state index in [0.29, 0.717) is 18.7 Å². The molecule has 0 aliphatic carbocycles. The molecule has 0 amide bonds. The average Bonchev–Trinajstić information content (AvgIpc) is 2.09. The molecule has 0 spiro atoms. The van der Waals surface area contributed by atoms with Gasteiger partial charge in [-0.05, 0) is 6.07 Å². The molecule has 0 unspecified atom stereocenters. The van der Waals surface area contributed by atoms with E-state index in [9.17, 15) is 4.39 Å². The first-order valence-corrected chi connectivity index (χ1v) is 3.89. The standard InChI is InChI=1S/C9H12FNO.ClH/c10-9-4-2-1-3-8(9)7-11-5-6-12;/h1-4,11-12H,5-7H2;1H/p-1. The normalized spacial score (nSPS) is 9.38. The third kappa shape index (κ3) is 4.22. The van der Waals surface area contributed by atoms with Gasteiger partial charge in [0.15, 0.2) is 0 Å². The minimum atomic E-state index is -0.206. The van der Waals surface area contributed by atoms with Gasteiger partial charge in [0, 0.05) is 18.7 Å². The topological polar surface area (TPSA) is 32.3 Å². The Morgan fingerprint density at radius 1 is 1.31 bits per heavy atom. The number of aliphatic hydroxyl groups excluding tert-OH is 1. The number of rotatable bonds is 4. The first-order chi connectivity index (χ1) is 5.84. The van der Waals surface area contributed by atoms with Gasteiger partial charge in [0.25, 0.3) is 0 Å². The van der Waals surface area contributed by atoms with Crippen LogP contribution >= 0.6 is 0 Å². The molecular formula is C9H12ClFNO-. The summed E-state index contributed by atoms with van der Waals surface area (Å²) in [5, 5.41) is 11.4. The zero-order valence-corrected chi connectivity index (χ0v) is 7.89. The third-order valence-corrected chi connectivity index (χ3v) is 1.56. The number of benzene rings is 1. The Labute approximate surface area is 83.2 Å². The molecule has 1 rings (SSSR count). The zero-order chi connectivity index (χ0) is 8.81. The molecule has 0 radical (unpaired) electrons. The first kappa shape index (κ1) is 12.4. The van der Waals surface area contributed by atoms with Crippen LogP contribution < -0.4 is 17.7 Å². The van der Waals surface area contributed by atoms with Crippen LogP contribution in [0.25, 0.3) is 0 Å². The van der Waals surface area contributed by atoms with E-state index in [-0.39, 0.29) is 24.8 Å². The van der Waals surface area contributed by atoms with Crippen LogP contribution in [0.3, 0.4) is 0 Å². The second kappa shape index (κ2) is 6.83. The maximum atomic E-state index is 12.9. The molecule has 0 bridgehead atoms. The molecule has 2 N–H and O–H groups in total. The summed E-state index contributed by atoms with van der Waals surface area (Å²) in [4.78, 5) is 0. The van der Waals surface area contributed by atoms with Gasteiger partial charge in [0.1, 0.15) is 5.82 Å². The molecular weight excluding hydrogens is 193 g/mol. The molecule has 0 heterocycles. The van der Waals surface area contributed by atoms with Gasteiger partial charge in [-0.15, -0.1) is 0 Å². The summed E-state index contributed by atoms with van der Waals surface area (Å²) in [6, 6.07) is 6.60. The van der Waals surface area contributed by atoms with Crippen LogP contribution in [0.1, 0.15) is 5.56 Å². The summed E-state index contributed by atoms with van der Waals surface area (Å²) in [6.07, 6.45) is 0. The molecule has 0 aromatic heterocycles. The van der Waals surface area contributed by atoms with Crippen molar-refractivity contribution in [3.63, 3.8) is 0 Å². The summed E-state index contributed by atoms with van der Waals surface area (Å²) < 4.78 is 12.9. The highest BCUT2D eigenvalue weighted by atomic mass is 35.5. The molecule has 0 saturated carbocycles. The van der Waals surface area contributed by atoms with E-state index >= 15 is 0 Å². The molecule has 0 atom stereocenters. The fourth-order valence-corrected chi connectivity index (χ4v) is 0.944. The van der Waals surface area contributed by atoms with Crippen molar-refractivity contribution in [3.8, 4) is 0 Å². The summed E-state index contributed by atoms with van der Waals surface area (Å²) in [7, 11) is 0. The second-order valence-corrected chi connectivity index (χ2v) is 2.49. The number of hydrogen-bond acceptors (Lipinski definition) is 2. The SMILES string of the molecule is OCCNCc1ccccc1F.[Cl-]. The van der Waals surface area contributed by atoms with Crippen LogP contribution in [0.4, 0.5) is 4.39 Å². The smallest absolute Gasteiger partial charge is 0.127 e. The van der Waals surface area contributed by atoms with Crippen LogP contribution in [0, 0.1) is 5.82 Å². The molecule has 2 nitrogen and oxygen atoms in total. The Balaban J connectivity index is 0.00000144. The van der Waals surface area contributed by atoms with Crippen molar-refractivity contribution in [1.82, 2.24) is 5.32 Å². The lowest BCUT2D eigenvalue weighted by atomic mass is 10.2. The fraction of sp³-hybridized carbons (Fsp3) is 0.333. The van der Waals surface area contributed by atoms with Crippen molar-refractivity contribution in [2.75, 3.05) is 13.2 Å². The van der Waals surface area contributed by atoms with Crippen molar-refractivity contribution < 1.29 is 21.9 Å². The predicted octanol–water partition coefficient (Wildman–Crippen LogP) is -2.09. The highest BCUT2D eigenvalue weighted by molar-refractivity contribution is 5.16. The lowest BCUT2D eigenvalue weighted by Crippen LogP contribution is -3.00. The molecule has 1 aromatic rings. The quantitative estimate of drug-likeness (QED) is 0.552. The van der Waals surface area contributed by atoms with Crippen molar-refractivity contribution in [2.45, 2.75) is 6.54 Å². The number of aliphatic hydroxyl groups is 1. The molecule has 0 fully saturated rings. The van der Waals surface area contributed by atoms with E-state index in [0.717, 1.165) is 0 Å². The molecule has 0 aliphatic heterocycles. The predicted molar refractivity (Wildman–Crippen MR) is 45.2 cm³/mol. The van der Waals surface area contributed by atoms with E-state index in [4.69, 9.17) is 5.11 Å². The summed E-state index contributed by atoms with van der Waals surface area (Å²) in [5.74, 6) is -0.206. The van der Waals surface area contributed by atoms with E-state index in [1.807, 2.05) is 0 Å². The Morgan fingerprint density at radius 3 is 2.62 bits per heavy atom. The van der Waals surface area contributed by atoms with Crippen LogP contribution in [0.15, 0.2) is 24.3 Å². The molecule has 74 valence electrons. The van der Waals surface area contributed by atoms with Crippen LogP contribution in [-0.4, -0.2) is 18.3 Å². The minimum Gasteiger partial charge on any atom is -1.00 e. The maximum absolute atomic E-state index is 12.9. The molecule has 4 heteroatoms. The van der Waals surface area contributed by atoms with Gasteiger partial charge in [-0.3, -0.25) is 0 Å². The van der Waals surface area contributed by atoms with Gasteiger partial charge in [-0.1, -0.05) is 18.2 Å². The Morgan fingerprint density at radius 2 is 2.00 bits per heavy atom. The lowest BCUT2D eigenvalue weighted by Gasteiger charge is -2.03. The van der Waals surface area contributed by atoms with E-state index in [2.05, 4.69) is 5.32 Å². The number of nitrogens with one attached hydrogen (secondary N) is 1. The number of halogens is 2. The molecule has 1 aromatic carbocycles. The fourth-order valence-electron chi connectivity index (χ4n) is 0.944. The summed E-state index contributed by atoms with van der Waals surface area (Å²) in [5.41, 5.74) is 0.631. The largest absolute Gasteiger partial charge is 1.00 e. The van der Waals surface area contributed by atoms with Crippen molar-refractivity contribution in [3.05, 3.63) is 35.6 Å². The van der Waals surface area contributed by atoms with Crippen LogP contribution in [-0.2, 0) is 6.54 Å². The van der Waals surface area contributed by atoms with E-state index in [1.165, 1.54) is 6.07 Å². The number of hydrogen-bond donors (Lipinski definition) is 2.